The molecule has 3 heteroatoms. The second-order valence-electron chi connectivity index (χ2n) is 5.77. The number of hydrogen-bond donors (Lipinski definition) is 0. The summed E-state index contributed by atoms with van der Waals surface area (Å²) in [4.78, 5) is 16.4. The van der Waals surface area contributed by atoms with Crippen LogP contribution in [0.15, 0.2) is 60.7 Å². The van der Waals surface area contributed by atoms with Crippen LogP contribution in [-0.4, -0.2) is 30.4 Å². The molecule has 0 radical (unpaired) electrons. The van der Waals surface area contributed by atoms with E-state index >= 15 is 0 Å². The van der Waals surface area contributed by atoms with Gasteiger partial charge in [0.15, 0.2) is 0 Å². The smallest absolute Gasteiger partial charge is 0.240 e. The molecule has 0 atom stereocenters. The van der Waals surface area contributed by atoms with Gasteiger partial charge in [0.05, 0.1) is 6.54 Å². The van der Waals surface area contributed by atoms with Crippen molar-refractivity contribution in [1.29, 1.82) is 0 Å². The van der Waals surface area contributed by atoms with E-state index in [1.54, 1.807) is 4.90 Å². The monoisotopic (exact) mass is 296 g/mol. The lowest BCUT2D eigenvalue weighted by Crippen LogP contribution is -2.41. The zero-order valence-electron chi connectivity index (χ0n) is 13.6. The van der Waals surface area contributed by atoms with Crippen molar-refractivity contribution < 1.29 is 4.79 Å². The Kier molecular flexibility index (Phi) is 5.73. The molecule has 22 heavy (non-hydrogen) atoms. The van der Waals surface area contributed by atoms with Crippen LogP contribution in [0, 0.1) is 0 Å². The first kappa shape index (κ1) is 16.2. The maximum atomic E-state index is 12.5. The zero-order valence-corrected chi connectivity index (χ0v) is 13.6. The average Bonchev–Trinajstić information content (AvgIpc) is 2.55. The molecule has 3 nitrogen and oxygen atoms in total. The highest BCUT2D eigenvalue weighted by Crippen LogP contribution is 2.13. The predicted molar refractivity (Wildman–Crippen MR) is 91.8 cm³/mol. The summed E-state index contributed by atoms with van der Waals surface area (Å²) in [6, 6.07) is 20.3. The van der Waals surface area contributed by atoms with E-state index in [0.717, 1.165) is 12.2 Å². The van der Waals surface area contributed by atoms with Gasteiger partial charge in [-0.15, -0.1) is 0 Å². The van der Waals surface area contributed by atoms with Crippen molar-refractivity contribution in [3.8, 4) is 0 Å². The molecule has 0 heterocycles. The van der Waals surface area contributed by atoms with Crippen LogP contribution in [0.1, 0.15) is 19.4 Å². The SMILES string of the molecule is CC(C)N(CC(=O)N(C)c1ccccc1)Cc1ccccc1. The molecule has 2 rings (SSSR count). The molecular weight excluding hydrogens is 272 g/mol. The van der Waals surface area contributed by atoms with Gasteiger partial charge in [-0.05, 0) is 31.5 Å². The fourth-order valence-corrected chi connectivity index (χ4v) is 2.31. The topological polar surface area (TPSA) is 23.6 Å². The van der Waals surface area contributed by atoms with E-state index in [1.807, 2.05) is 55.6 Å². The lowest BCUT2D eigenvalue weighted by molar-refractivity contribution is -0.120. The highest BCUT2D eigenvalue weighted by Gasteiger charge is 2.18. The van der Waals surface area contributed by atoms with Crippen LogP contribution >= 0.6 is 0 Å². The van der Waals surface area contributed by atoms with Crippen molar-refractivity contribution in [3.05, 3.63) is 66.2 Å². The summed E-state index contributed by atoms with van der Waals surface area (Å²) in [5, 5.41) is 0. The lowest BCUT2D eigenvalue weighted by Gasteiger charge is -2.28. The standard InChI is InChI=1S/C19H24N2O/c1-16(2)21(14-17-10-6-4-7-11-17)15-19(22)20(3)18-12-8-5-9-13-18/h4-13,16H,14-15H2,1-3H3. The molecule has 0 fully saturated rings. The average molecular weight is 296 g/mol. The van der Waals surface area contributed by atoms with E-state index in [9.17, 15) is 4.79 Å². The number of likely N-dealkylation sites (N-methyl/N-ethyl adjacent to an activating group) is 1. The second-order valence-corrected chi connectivity index (χ2v) is 5.77. The molecule has 0 saturated heterocycles. The van der Waals surface area contributed by atoms with E-state index in [2.05, 4.69) is 30.9 Å². The fourth-order valence-electron chi connectivity index (χ4n) is 2.31. The molecule has 0 aliphatic rings. The van der Waals surface area contributed by atoms with E-state index in [4.69, 9.17) is 0 Å². The van der Waals surface area contributed by atoms with Gasteiger partial charge < -0.3 is 4.90 Å². The molecular formula is C19H24N2O. The third-order valence-electron chi connectivity index (χ3n) is 3.81. The molecule has 0 aromatic heterocycles. The molecule has 1 amide bonds. The Morgan fingerprint density at radius 3 is 2.05 bits per heavy atom. The van der Waals surface area contributed by atoms with Gasteiger partial charge in [-0.2, -0.15) is 0 Å². The number of carbonyl (C=O) groups excluding carboxylic acids is 1. The number of amides is 1. The number of rotatable bonds is 6. The molecule has 0 bridgehead atoms. The second kappa shape index (κ2) is 7.76. The summed E-state index contributed by atoms with van der Waals surface area (Å²) in [6.45, 7) is 5.45. The highest BCUT2D eigenvalue weighted by atomic mass is 16.2. The van der Waals surface area contributed by atoms with Gasteiger partial charge in [0.2, 0.25) is 5.91 Å². The Morgan fingerprint density at radius 1 is 0.955 bits per heavy atom. The first-order valence-electron chi connectivity index (χ1n) is 7.67. The molecule has 2 aromatic carbocycles. The van der Waals surface area contributed by atoms with Crippen LogP contribution in [0.5, 0.6) is 0 Å². The van der Waals surface area contributed by atoms with Crippen molar-refractivity contribution in [1.82, 2.24) is 4.90 Å². The minimum absolute atomic E-state index is 0.107. The van der Waals surface area contributed by atoms with Crippen LogP contribution in [0.3, 0.4) is 0 Å². The van der Waals surface area contributed by atoms with Crippen LogP contribution in [0.2, 0.25) is 0 Å². The molecule has 0 unspecified atom stereocenters. The molecule has 2 aromatic rings. The maximum Gasteiger partial charge on any atom is 0.240 e. The minimum Gasteiger partial charge on any atom is -0.314 e. The number of carbonyl (C=O) groups is 1. The lowest BCUT2D eigenvalue weighted by atomic mass is 10.2. The number of nitrogens with zero attached hydrogens (tertiary/aromatic N) is 2. The number of para-hydroxylation sites is 1. The summed E-state index contributed by atoms with van der Waals surface area (Å²) in [5.41, 5.74) is 2.15. The Bertz CT molecular complexity index is 581. The van der Waals surface area contributed by atoms with Gasteiger partial charge in [0.1, 0.15) is 0 Å². The molecule has 0 saturated carbocycles. The van der Waals surface area contributed by atoms with Gasteiger partial charge in [0, 0.05) is 25.3 Å². The van der Waals surface area contributed by atoms with Gasteiger partial charge in [0.25, 0.3) is 0 Å². The number of benzene rings is 2. The van der Waals surface area contributed by atoms with Gasteiger partial charge >= 0.3 is 0 Å². The molecule has 0 aliphatic carbocycles. The van der Waals surface area contributed by atoms with Gasteiger partial charge in [-0.25, -0.2) is 0 Å². The predicted octanol–water partition coefficient (Wildman–Crippen LogP) is 3.56. The normalized spacial score (nSPS) is 11.0. The largest absolute Gasteiger partial charge is 0.314 e. The van der Waals surface area contributed by atoms with Crippen LogP contribution in [-0.2, 0) is 11.3 Å². The summed E-state index contributed by atoms with van der Waals surface area (Å²) in [5.74, 6) is 0.107. The quantitative estimate of drug-likeness (QED) is 0.813. The summed E-state index contributed by atoms with van der Waals surface area (Å²) in [6.07, 6.45) is 0. The maximum absolute atomic E-state index is 12.5. The molecule has 0 spiro atoms. The Labute approximate surface area is 133 Å². The highest BCUT2D eigenvalue weighted by molar-refractivity contribution is 5.94. The number of hydrogen-bond acceptors (Lipinski definition) is 2. The van der Waals surface area contributed by atoms with Gasteiger partial charge in [-0.1, -0.05) is 48.5 Å². The van der Waals surface area contributed by atoms with Gasteiger partial charge in [-0.3, -0.25) is 9.69 Å². The fraction of sp³-hybridized carbons (Fsp3) is 0.316. The van der Waals surface area contributed by atoms with E-state index < -0.39 is 0 Å². The first-order chi connectivity index (χ1) is 10.6. The summed E-state index contributed by atoms with van der Waals surface area (Å²) >= 11 is 0. The van der Waals surface area contributed by atoms with Crippen molar-refractivity contribution >= 4 is 11.6 Å². The van der Waals surface area contributed by atoms with Crippen molar-refractivity contribution in [3.63, 3.8) is 0 Å². The Balaban J connectivity index is 2.03. The van der Waals surface area contributed by atoms with E-state index in [0.29, 0.717) is 12.6 Å². The first-order valence-corrected chi connectivity index (χ1v) is 7.67. The Hall–Kier alpha value is -2.13. The van der Waals surface area contributed by atoms with Crippen molar-refractivity contribution in [2.45, 2.75) is 26.4 Å². The Morgan fingerprint density at radius 2 is 1.50 bits per heavy atom. The third-order valence-corrected chi connectivity index (χ3v) is 3.81. The van der Waals surface area contributed by atoms with Crippen LogP contribution in [0.25, 0.3) is 0 Å². The van der Waals surface area contributed by atoms with Crippen LogP contribution < -0.4 is 4.90 Å². The summed E-state index contributed by atoms with van der Waals surface area (Å²) in [7, 11) is 1.83. The molecule has 0 N–H and O–H groups in total. The zero-order chi connectivity index (χ0) is 15.9. The number of anilines is 1. The van der Waals surface area contributed by atoms with Crippen molar-refractivity contribution in [2.75, 3.05) is 18.5 Å². The van der Waals surface area contributed by atoms with Crippen molar-refractivity contribution in [2.24, 2.45) is 0 Å². The van der Waals surface area contributed by atoms with E-state index in [-0.39, 0.29) is 5.91 Å². The third kappa shape index (κ3) is 4.43. The summed E-state index contributed by atoms with van der Waals surface area (Å²) < 4.78 is 0. The molecule has 116 valence electrons. The molecule has 0 aliphatic heterocycles. The van der Waals surface area contributed by atoms with E-state index in [1.165, 1.54) is 5.56 Å². The van der Waals surface area contributed by atoms with Crippen LogP contribution in [0.4, 0.5) is 5.69 Å². The minimum atomic E-state index is 0.107.